The van der Waals surface area contributed by atoms with Crippen LogP contribution in [0.25, 0.3) is 5.65 Å². The van der Waals surface area contributed by atoms with Gasteiger partial charge in [0.15, 0.2) is 0 Å². The minimum atomic E-state index is -0.521. The number of carbonyl (C=O) groups is 2. The molecule has 0 spiro atoms. The Kier molecular flexibility index (Phi) is 5.07. The highest BCUT2D eigenvalue weighted by atomic mass is 16.2. The van der Waals surface area contributed by atoms with Gasteiger partial charge in [-0.1, -0.05) is 24.3 Å². The Labute approximate surface area is 149 Å². The van der Waals surface area contributed by atoms with Gasteiger partial charge in [-0.3, -0.25) is 18.8 Å². The van der Waals surface area contributed by atoms with Crippen LogP contribution in [0, 0.1) is 6.92 Å². The Morgan fingerprint density at radius 1 is 1.00 bits per heavy atom. The molecule has 2 amide bonds. The van der Waals surface area contributed by atoms with Crippen molar-refractivity contribution >= 4 is 17.5 Å². The molecule has 0 bridgehead atoms. The fourth-order valence-electron chi connectivity index (χ4n) is 2.48. The van der Waals surface area contributed by atoms with Gasteiger partial charge in [0.25, 0.3) is 17.4 Å². The third-order valence-electron chi connectivity index (χ3n) is 3.83. The summed E-state index contributed by atoms with van der Waals surface area (Å²) in [6, 6.07) is 12.4. The molecule has 0 unspecified atom stereocenters. The van der Waals surface area contributed by atoms with Crippen LogP contribution in [0.2, 0.25) is 0 Å². The molecule has 7 nitrogen and oxygen atoms in total. The number of benzene rings is 1. The van der Waals surface area contributed by atoms with Gasteiger partial charge in [-0.2, -0.15) is 0 Å². The molecule has 7 heteroatoms. The van der Waals surface area contributed by atoms with Gasteiger partial charge >= 0.3 is 0 Å². The van der Waals surface area contributed by atoms with E-state index in [0.717, 1.165) is 5.56 Å². The smallest absolute Gasteiger partial charge is 0.270 e. The molecule has 0 atom stereocenters. The monoisotopic (exact) mass is 350 g/mol. The van der Waals surface area contributed by atoms with Crippen molar-refractivity contribution in [1.82, 2.24) is 20.0 Å². The van der Waals surface area contributed by atoms with Crippen LogP contribution >= 0.6 is 0 Å². The van der Waals surface area contributed by atoms with Crippen LogP contribution in [0.1, 0.15) is 26.3 Å². The van der Waals surface area contributed by atoms with Crippen molar-refractivity contribution in [2.45, 2.75) is 6.92 Å². The predicted octanol–water partition coefficient (Wildman–Crippen LogP) is 1.16. The first-order valence-corrected chi connectivity index (χ1v) is 8.16. The maximum absolute atomic E-state index is 12.4. The summed E-state index contributed by atoms with van der Waals surface area (Å²) in [5.41, 5.74) is 1.45. The number of nitrogens with one attached hydrogen (secondary N) is 2. The zero-order valence-electron chi connectivity index (χ0n) is 14.2. The Balaban J connectivity index is 1.60. The van der Waals surface area contributed by atoms with Crippen LogP contribution in [0.3, 0.4) is 0 Å². The van der Waals surface area contributed by atoms with Gasteiger partial charge in [-0.05, 0) is 30.7 Å². The van der Waals surface area contributed by atoms with E-state index in [0.29, 0.717) is 11.2 Å². The van der Waals surface area contributed by atoms with Crippen molar-refractivity contribution in [3.63, 3.8) is 0 Å². The van der Waals surface area contributed by atoms with Crippen molar-refractivity contribution in [3.8, 4) is 0 Å². The van der Waals surface area contributed by atoms with Crippen molar-refractivity contribution in [2.24, 2.45) is 0 Å². The van der Waals surface area contributed by atoms with E-state index in [1.54, 1.807) is 36.5 Å². The second kappa shape index (κ2) is 7.60. The van der Waals surface area contributed by atoms with Crippen LogP contribution < -0.4 is 16.2 Å². The molecule has 26 heavy (non-hydrogen) atoms. The highest BCUT2D eigenvalue weighted by molar-refractivity contribution is 5.95. The largest absolute Gasteiger partial charge is 0.350 e. The lowest BCUT2D eigenvalue weighted by Crippen LogP contribution is -2.37. The van der Waals surface area contributed by atoms with E-state index in [1.807, 2.05) is 19.1 Å². The van der Waals surface area contributed by atoms with E-state index >= 15 is 0 Å². The van der Waals surface area contributed by atoms with Gasteiger partial charge in [0, 0.05) is 31.0 Å². The van der Waals surface area contributed by atoms with Crippen molar-refractivity contribution in [1.29, 1.82) is 0 Å². The lowest BCUT2D eigenvalue weighted by Gasteiger charge is -2.08. The minimum absolute atomic E-state index is 0.0394. The summed E-state index contributed by atoms with van der Waals surface area (Å²) < 4.78 is 1.35. The molecule has 2 aromatic heterocycles. The third kappa shape index (κ3) is 3.77. The summed E-state index contributed by atoms with van der Waals surface area (Å²) in [6.45, 7) is 2.31. The molecule has 3 aromatic rings. The van der Waals surface area contributed by atoms with E-state index in [4.69, 9.17) is 0 Å². The van der Waals surface area contributed by atoms with Crippen molar-refractivity contribution in [3.05, 3.63) is 81.9 Å². The normalized spacial score (nSPS) is 10.5. The standard InChI is InChI=1S/C19H18N4O3/c1-13-7-8-16-22-11-15(19(26)23(16)12-13)18(25)21-10-9-20-17(24)14-5-3-2-4-6-14/h2-8,11-12H,9-10H2,1H3,(H,20,24)(H,21,25). The average molecular weight is 350 g/mol. The molecule has 2 N–H and O–H groups in total. The van der Waals surface area contributed by atoms with Crippen LogP contribution in [0.5, 0.6) is 0 Å². The number of nitrogens with zero attached hydrogens (tertiary/aromatic N) is 2. The quantitative estimate of drug-likeness (QED) is 0.676. The predicted molar refractivity (Wildman–Crippen MR) is 97.3 cm³/mol. The molecule has 2 heterocycles. The maximum atomic E-state index is 12.4. The second-order valence-electron chi connectivity index (χ2n) is 5.79. The van der Waals surface area contributed by atoms with Crippen LogP contribution in [0.15, 0.2) is 59.7 Å². The number of aromatic nitrogens is 2. The summed E-state index contributed by atoms with van der Waals surface area (Å²) in [7, 11) is 0. The van der Waals surface area contributed by atoms with Gasteiger partial charge in [0.05, 0.1) is 0 Å². The number of aryl methyl sites for hydroxylation is 1. The molecule has 3 rings (SSSR count). The van der Waals surface area contributed by atoms with Crippen LogP contribution in [-0.2, 0) is 0 Å². The average Bonchev–Trinajstić information content (AvgIpc) is 2.66. The maximum Gasteiger partial charge on any atom is 0.270 e. The van der Waals surface area contributed by atoms with Gasteiger partial charge in [0.1, 0.15) is 11.2 Å². The summed E-state index contributed by atoms with van der Waals surface area (Å²) >= 11 is 0. The van der Waals surface area contributed by atoms with E-state index in [1.165, 1.54) is 10.6 Å². The molecule has 0 aliphatic carbocycles. The lowest BCUT2D eigenvalue weighted by molar-refractivity contribution is 0.0926. The first-order chi connectivity index (χ1) is 12.6. The molecule has 0 saturated heterocycles. The summed E-state index contributed by atoms with van der Waals surface area (Å²) in [5.74, 6) is -0.741. The number of amides is 2. The summed E-state index contributed by atoms with van der Waals surface area (Å²) in [4.78, 5) is 40.7. The molecule has 0 aliphatic rings. The second-order valence-corrected chi connectivity index (χ2v) is 5.79. The van der Waals surface area contributed by atoms with Crippen LogP contribution in [-0.4, -0.2) is 34.3 Å². The highest BCUT2D eigenvalue weighted by Gasteiger charge is 2.13. The first kappa shape index (κ1) is 17.3. The molecule has 0 aliphatic heterocycles. The molecule has 132 valence electrons. The van der Waals surface area contributed by atoms with E-state index in [9.17, 15) is 14.4 Å². The fourth-order valence-corrected chi connectivity index (χ4v) is 2.48. The van der Waals surface area contributed by atoms with E-state index in [2.05, 4.69) is 15.6 Å². The number of hydrogen-bond acceptors (Lipinski definition) is 4. The summed E-state index contributed by atoms with van der Waals surface area (Å²) in [5, 5.41) is 5.32. The zero-order valence-corrected chi connectivity index (χ0v) is 14.2. The third-order valence-corrected chi connectivity index (χ3v) is 3.83. The Hall–Kier alpha value is -3.48. The molecule has 0 fully saturated rings. The SMILES string of the molecule is Cc1ccc2ncc(C(=O)NCCNC(=O)c3ccccc3)c(=O)n2c1. The number of pyridine rings is 1. The number of carbonyl (C=O) groups excluding carboxylic acids is 2. The first-order valence-electron chi connectivity index (χ1n) is 8.16. The molecule has 1 aromatic carbocycles. The number of hydrogen-bond donors (Lipinski definition) is 2. The summed E-state index contributed by atoms with van der Waals surface area (Å²) in [6.07, 6.45) is 2.91. The molecular formula is C19H18N4O3. The number of fused-ring (bicyclic) bond motifs is 1. The lowest BCUT2D eigenvalue weighted by atomic mass is 10.2. The number of rotatable bonds is 5. The van der Waals surface area contributed by atoms with Crippen molar-refractivity contribution < 1.29 is 9.59 Å². The van der Waals surface area contributed by atoms with Gasteiger partial charge in [-0.25, -0.2) is 4.98 Å². The molecule has 0 saturated carbocycles. The van der Waals surface area contributed by atoms with E-state index in [-0.39, 0.29) is 24.6 Å². The minimum Gasteiger partial charge on any atom is -0.350 e. The highest BCUT2D eigenvalue weighted by Crippen LogP contribution is 2.02. The Morgan fingerprint density at radius 3 is 2.42 bits per heavy atom. The van der Waals surface area contributed by atoms with Gasteiger partial charge in [-0.15, -0.1) is 0 Å². The van der Waals surface area contributed by atoms with Gasteiger partial charge in [0.2, 0.25) is 0 Å². The molecular weight excluding hydrogens is 332 g/mol. The zero-order chi connectivity index (χ0) is 18.5. The van der Waals surface area contributed by atoms with Crippen LogP contribution in [0.4, 0.5) is 0 Å². The van der Waals surface area contributed by atoms with E-state index < -0.39 is 11.5 Å². The Bertz CT molecular complexity index is 1010. The fraction of sp³-hybridized carbons (Fsp3) is 0.158. The van der Waals surface area contributed by atoms with Crippen molar-refractivity contribution in [2.75, 3.05) is 13.1 Å². The topological polar surface area (TPSA) is 92.6 Å². The van der Waals surface area contributed by atoms with Gasteiger partial charge < -0.3 is 10.6 Å². The molecule has 0 radical (unpaired) electrons. The Morgan fingerprint density at radius 2 is 1.69 bits per heavy atom.